The Morgan fingerprint density at radius 1 is 1.17 bits per heavy atom. The second-order valence-corrected chi connectivity index (χ2v) is 7.91. The average Bonchev–Trinajstić information content (AvgIpc) is 3.34. The molecule has 3 heterocycles. The summed E-state index contributed by atoms with van der Waals surface area (Å²) < 4.78 is 19.5. The first kappa shape index (κ1) is 18.7. The van der Waals surface area contributed by atoms with Gasteiger partial charge in [0, 0.05) is 37.7 Å². The van der Waals surface area contributed by atoms with E-state index in [1.54, 1.807) is 24.1 Å². The van der Waals surface area contributed by atoms with Gasteiger partial charge >= 0.3 is 0 Å². The first-order valence-corrected chi connectivity index (χ1v) is 10.1. The van der Waals surface area contributed by atoms with Gasteiger partial charge in [-0.15, -0.1) is 0 Å². The number of carbonyl (C=O) groups excluding carboxylic acids is 2. The number of amides is 2. The van der Waals surface area contributed by atoms with Crippen molar-refractivity contribution in [1.29, 1.82) is 0 Å². The van der Waals surface area contributed by atoms with Crippen LogP contribution in [-0.4, -0.2) is 47.0 Å². The molecule has 154 valence electrons. The quantitative estimate of drug-likeness (QED) is 0.716. The molecule has 3 aromatic rings. The van der Waals surface area contributed by atoms with Crippen LogP contribution in [0.1, 0.15) is 63.2 Å². The molecule has 8 heteroatoms. The van der Waals surface area contributed by atoms with E-state index in [4.69, 9.17) is 4.52 Å². The second kappa shape index (κ2) is 7.19. The number of rotatable bonds is 4. The van der Waals surface area contributed by atoms with Crippen LogP contribution in [0.25, 0.3) is 11.1 Å². The second-order valence-electron chi connectivity index (χ2n) is 7.91. The largest absolute Gasteiger partial charge is 0.355 e. The molecule has 1 aliphatic carbocycles. The van der Waals surface area contributed by atoms with Gasteiger partial charge < -0.3 is 14.7 Å². The van der Waals surface area contributed by atoms with E-state index in [-0.39, 0.29) is 23.3 Å². The zero-order chi connectivity index (χ0) is 20.8. The minimum absolute atomic E-state index is 0.0601. The fraction of sp³-hybridized carbons (Fsp3) is 0.364. The third-order valence-electron chi connectivity index (χ3n) is 5.93. The van der Waals surface area contributed by atoms with Gasteiger partial charge in [0.2, 0.25) is 0 Å². The zero-order valence-corrected chi connectivity index (χ0v) is 16.5. The molecular weight excluding hydrogens is 387 g/mol. The fourth-order valence-corrected chi connectivity index (χ4v) is 4.15. The SMILES string of the molecule is CNC(=O)c1cc(C2CC2)nc2onc(C3CCN(C(=O)c4ccccc4F)C3)c12. The standard InChI is InChI=1S/C22H21FN4O3/c1-24-20(28)15-10-17(12-6-7-12)25-21-18(15)19(26-30-21)13-8-9-27(11-13)22(29)14-4-2-3-5-16(14)23/h2-5,10,12-13H,6-9,11H2,1H3,(H,24,28). The molecule has 30 heavy (non-hydrogen) atoms. The van der Waals surface area contributed by atoms with Crippen molar-refractivity contribution in [3.05, 3.63) is 58.7 Å². The number of likely N-dealkylation sites (tertiary alicyclic amines) is 1. The predicted octanol–water partition coefficient (Wildman–Crippen LogP) is 3.23. The molecule has 7 nitrogen and oxygen atoms in total. The molecule has 1 N–H and O–H groups in total. The Hall–Kier alpha value is -3.29. The Morgan fingerprint density at radius 3 is 2.70 bits per heavy atom. The van der Waals surface area contributed by atoms with Crippen molar-refractivity contribution in [1.82, 2.24) is 20.4 Å². The Kier molecular flexibility index (Phi) is 4.49. The third kappa shape index (κ3) is 3.12. The van der Waals surface area contributed by atoms with Crippen LogP contribution in [0.4, 0.5) is 4.39 Å². The number of pyridine rings is 1. The average molecular weight is 408 g/mol. The Balaban J connectivity index is 1.47. The molecule has 5 rings (SSSR count). The Labute approximate surface area is 172 Å². The smallest absolute Gasteiger partial charge is 0.259 e. The molecule has 2 fully saturated rings. The van der Waals surface area contributed by atoms with Gasteiger partial charge in [-0.25, -0.2) is 9.37 Å². The Bertz CT molecular complexity index is 1150. The number of nitrogens with zero attached hydrogens (tertiary/aromatic N) is 3. The highest BCUT2D eigenvalue weighted by Gasteiger charge is 2.35. The molecule has 1 atom stereocenters. The molecule has 2 amide bonds. The number of hydrogen-bond acceptors (Lipinski definition) is 5. The van der Waals surface area contributed by atoms with Crippen LogP contribution in [0.5, 0.6) is 0 Å². The van der Waals surface area contributed by atoms with Crippen molar-refractivity contribution in [2.45, 2.75) is 31.1 Å². The summed E-state index contributed by atoms with van der Waals surface area (Å²) in [5.41, 5.74) is 2.39. The van der Waals surface area contributed by atoms with Crippen LogP contribution in [0.3, 0.4) is 0 Å². The van der Waals surface area contributed by atoms with Crippen molar-refractivity contribution in [2.75, 3.05) is 20.1 Å². The van der Waals surface area contributed by atoms with Gasteiger partial charge in [0.15, 0.2) is 0 Å². The van der Waals surface area contributed by atoms with Gasteiger partial charge in [-0.3, -0.25) is 9.59 Å². The number of halogens is 1. The molecule has 2 aromatic heterocycles. The van der Waals surface area contributed by atoms with Gasteiger partial charge in [0.25, 0.3) is 17.5 Å². The lowest BCUT2D eigenvalue weighted by molar-refractivity contribution is 0.0785. The molecule has 0 spiro atoms. The minimum atomic E-state index is -0.531. The van der Waals surface area contributed by atoms with Gasteiger partial charge in [-0.2, -0.15) is 0 Å². The summed E-state index contributed by atoms with van der Waals surface area (Å²) in [5, 5.41) is 7.51. The summed E-state index contributed by atoms with van der Waals surface area (Å²) in [6, 6.07) is 7.81. The molecule has 1 saturated heterocycles. The van der Waals surface area contributed by atoms with E-state index in [0.717, 1.165) is 18.5 Å². The van der Waals surface area contributed by atoms with Gasteiger partial charge in [-0.1, -0.05) is 17.3 Å². The van der Waals surface area contributed by atoms with Crippen LogP contribution in [0, 0.1) is 5.82 Å². The monoisotopic (exact) mass is 408 g/mol. The normalized spacial score (nSPS) is 18.7. The topological polar surface area (TPSA) is 88.3 Å². The van der Waals surface area contributed by atoms with Crippen LogP contribution in [0.2, 0.25) is 0 Å². The first-order valence-electron chi connectivity index (χ1n) is 10.1. The van der Waals surface area contributed by atoms with E-state index in [2.05, 4.69) is 15.5 Å². The molecule has 0 bridgehead atoms. The lowest BCUT2D eigenvalue weighted by atomic mass is 9.98. The number of fused-ring (bicyclic) bond motifs is 1. The first-order chi connectivity index (χ1) is 14.6. The fourth-order valence-electron chi connectivity index (χ4n) is 4.15. The Morgan fingerprint density at radius 2 is 1.97 bits per heavy atom. The highest BCUT2D eigenvalue weighted by Crippen LogP contribution is 2.41. The maximum Gasteiger partial charge on any atom is 0.259 e. The van der Waals surface area contributed by atoms with Crippen LogP contribution >= 0.6 is 0 Å². The lowest BCUT2D eigenvalue weighted by Crippen LogP contribution is -2.29. The molecule has 2 aliphatic rings. The molecule has 1 aromatic carbocycles. The van der Waals surface area contributed by atoms with E-state index in [1.807, 2.05) is 6.07 Å². The predicted molar refractivity (Wildman–Crippen MR) is 107 cm³/mol. The number of aromatic nitrogens is 2. The summed E-state index contributed by atoms with van der Waals surface area (Å²) in [4.78, 5) is 31.5. The van der Waals surface area contributed by atoms with E-state index in [1.165, 1.54) is 12.1 Å². The molecular formula is C22H21FN4O3. The zero-order valence-electron chi connectivity index (χ0n) is 16.5. The van der Waals surface area contributed by atoms with Crippen LogP contribution < -0.4 is 5.32 Å². The molecule has 1 unspecified atom stereocenters. The molecule has 1 saturated carbocycles. The summed E-state index contributed by atoms with van der Waals surface area (Å²) in [7, 11) is 1.59. The summed E-state index contributed by atoms with van der Waals surface area (Å²) in [6.45, 7) is 0.863. The van der Waals surface area contributed by atoms with Crippen molar-refractivity contribution < 1.29 is 18.5 Å². The van der Waals surface area contributed by atoms with E-state index < -0.39 is 5.82 Å². The number of carbonyl (C=O) groups is 2. The maximum absolute atomic E-state index is 14.0. The maximum atomic E-state index is 14.0. The summed E-state index contributed by atoms with van der Waals surface area (Å²) in [6.07, 6.45) is 2.77. The van der Waals surface area contributed by atoms with Crippen molar-refractivity contribution in [3.63, 3.8) is 0 Å². The van der Waals surface area contributed by atoms with Crippen molar-refractivity contribution >= 4 is 22.9 Å². The van der Waals surface area contributed by atoms with E-state index >= 15 is 0 Å². The van der Waals surface area contributed by atoms with E-state index in [0.29, 0.717) is 47.8 Å². The lowest BCUT2D eigenvalue weighted by Gasteiger charge is -2.16. The summed E-state index contributed by atoms with van der Waals surface area (Å²) in [5.74, 6) is -0.836. The highest BCUT2D eigenvalue weighted by molar-refractivity contribution is 6.06. The van der Waals surface area contributed by atoms with E-state index in [9.17, 15) is 14.0 Å². The highest BCUT2D eigenvalue weighted by atomic mass is 19.1. The third-order valence-corrected chi connectivity index (χ3v) is 5.93. The van der Waals surface area contributed by atoms with Gasteiger partial charge in [0.05, 0.1) is 22.2 Å². The summed E-state index contributed by atoms with van der Waals surface area (Å²) >= 11 is 0. The van der Waals surface area contributed by atoms with Gasteiger partial charge in [0.1, 0.15) is 5.82 Å². The van der Waals surface area contributed by atoms with Gasteiger partial charge in [-0.05, 0) is 37.5 Å². The minimum Gasteiger partial charge on any atom is -0.355 e. The van der Waals surface area contributed by atoms with Crippen molar-refractivity contribution in [2.24, 2.45) is 0 Å². The van der Waals surface area contributed by atoms with Crippen LogP contribution in [0.15, 0.2) is 34.9 Å². The molecule has 0 radical (unpaired) electrons. The number of hydrogen-bond donors (Lipinski definition) is 1. The van der Waals surface area contributed by atoms with Crippen molar-refractivity contribution in [3.8, 4) is 0 Å². The number of nitrogens with one attached hydrogen (secondary N) is 1. The molecule has 1 aliphatic heterocycles. The van der Waals surface area contributed by atoms with Crippen LogP contribution in [-0.2, 0) is 0 Å². The number of benzene rings is 1.